The first-order valence-corrected chi connectivity index (χ1v) is 11.1. The Balaban J connectivity index is 3.36. The van der Waals surface area contributed by atoms with Gasteiger partial charge in [-0.15, -0.1) is 0 Å². The lowest BCUT2D eigenvalue weighted by atomic mass is 10.1. The highest BCUT2D eigenvalue weighted by Gasteiger charge is 2.11. The summed E-state index contributed by atoms with van der Waals surface area (Å²) in [5.41, 5.74) is 0. The van der Waals surface area contributed by atoms with Crippen LogP contribution in [-0.2, 0) is 14.3 Å². The van der Waals surface area contributed by atoms with Crippen molar-refractivity contribution in [3.8, 4) is 0 Å². The Morgan fingerprint density at radius 2 is 1.46 bits per heavy atom. The van der Waals surface area contributed by atoms with E-state index in [9.17, 15) is 4.79 Å². The number of allylic oxidation sites excluding steroid dienone is 6. The number of aliphatic hydroxyl groups excluding tert-OH is 1. The second kappa shape index (κ2) is 21.9. The van der Waals surface area contributed by atoms with Crippen LogP contribution in [0.15, 0.2) is 36.5 Å². The first-order chi connectivity index (χ1) is 13.7. The number of ether oxygens (including phenoxy) is 2. The molecule has 0 saturated carbocycles. The zero-order chi connectivity index (χ0) is 20.7. The van der Waals surface area contributed by atoms with Crippen molar-refractivity contribution >= 4 is 5.97 Å². The van der Waals surface area contributed by atoms with Gasteiger partial charge in [0, 0.05) is 13.0 Å². The number of hydrogen-bond donors (Lipinski definition) is 1. The molecule has 0 bridgehead atoms. The predicted octanol–water partition coefficient (Wildman–Crippen LogP) is 5.91. The molecule has 28 heavy (non-hydrogen) atoms. The smallest absolute Gasteiger partial charge is 0.305 e. The Kier molecular flexibility index (Phi) is 20.8. The van der Waals surface area contributed by atoms with Crippen LogP contribution in [0.1, 0.15) is 84.5 Å². The van der Waals surface area contributed by atoms with Crippen molar-refractivity contribution in [2.45, 2.75) is 90.6 Å². The molecule has 0 aromatic carbocycles. The fraction of sp³-hybridized carbons (Fsp3) is 0.708. The first kappa shape index (κ1) is 26.6. The normalized spacial score (nSPS) is 13.1. The fourth-order valence-electron chi connectivity index (χ4n) is 2.61. The number of hydrogen-bond acceptors (Lipinski definition) is 4. The Bertz CT molecular complexity index is 426. The maximum atomic E-state index is 11.2. The molecule has 162 valence electrons. The lowest BCUT2D eigenvalue weighted by Gasteiger charge is -2.15. The van der Waals surface area contributed by atoms with Crippen molar-refractivity contribution < 1.29 is 19.4 Å². The molecule has 0 aromatic rings. The SMILES string of the molecule is CC/C=C\C/C=C\C/C=C\CCCCCCCCOCC(CO)OC(=O)CC. The van der Waals surface area contributed by atoms with E-state index < -0.39 is 6.10 Å². The number of esters is 1. The van der Waals surface area contributed by atoms with Gasteiger partial charge in [-0.1, -0.05) is 76.0 Å². The molecule has 0 amide bonds. The van der Waals surface area contributed by atoms with E-state index in [1.165, 1.54) is 32.1 Å². The van der Waals surface area contributed by atoms with Gasteiger partial charge in [-0.2, -0.15) is 0 Å². The van der Waals surface area contributed by atoms with E-state index in [0.717, 1.165) is 32.1 Å². The lowest BCUT2D eigenvalue weighted by Crippen LogP contribution is -2.27. The van der Waals surface area contributed by atoms with E-state index >= 15 is 0 Å². The maximum Gasteiger partial charge on any atom is 0.305 e. The van der Waals surface area contributed by atoms with E-state index in [-0.39, 0.29) is 19.2 Å². The van der Waals surface area contributed by atoms with E-state index in [1.807, 2.05) is 0 Å². The second-order valence-electron chi connectivity index (χ2n) is 6.93. The summed E-state index contributed by atoms with van der Waals surface area (Å²) >= 11 is 0. The Hall–Kier alpha value is -1.39. The second-order valence-corrected chi connectivity index (χ2v) is 6.93. The molecule has 0 aromatic heterocycles. The van der Waals surface area contributed by atoms with Crippen LogP contribution >= 0.6 is 0 Å². The molecule has 0 rings (SSSR count). The van der Waals surface area contributed by atoms with Gasteiger partial charge in [-0.05, 0) is 38.5 Å². The molecule has 1 N–H and O–H groups in total. The summed E-state index contributed by atoms with van der Waals surface area (Å²) in [6.45, 7) is 4.64. The molecular weight excluding hydrogens is 352 g/mol. The quantitative estimate of drug-likeness (QED) is 0.168. The largest absolute Gasteiger partial charge is 0.457 e. The molecule has 0 radical (unpaired) electrons. The summed E-state index contributed by atoms with van der Waals surface area (Å²) in [5, 5.41) is 9.15. The molecule has 4 nitrogen and oxygen atoms in total. The molecule has 0 spiro atoms. The molecule has 0 aliphatic carbocycles. The molecular formula is C24H42O4. The van der Waals surface area contributed by atoms with E-state index in [0.29, 0.717) is 13.0 Å². The third kappa shape index (κ3) is 19.4. The molecule has 4 heteroatoms. The van der Waals surface area contributed by atoms with Crippen molar-refractivity contribution in [3.63, 3.8) is 0 Å². The average Bonchev–Trinajstić information content (AvgIpc) is 2.71. The topological polar surface area (TPSA) is 55.8 Å². The van der Waals surface area contributed by atoms with Crippen LogP contribution in [0.3, 0.4) is 0 Å². The van der Waals surface area contributed by atoms with Crippen molar-refractivity contribution in [3.05, 3.63) is 36.5 Å². The molecule has 0 fully saturated rings. The first-order valence-electron chi connectivity index (χ1n) is 11.1. The van der Waals surface area contributed by atoms with Crippen LogP contribution in [0.4, 0.5) is 0 Å². The highest BCUT2D eigenvalue weighted by Crippen LogP contribution is 2.08. The standard InChI is InChI=1S/C24H42O4/c1-3-5-6-7-8-9-10-11-12-13-14-15-16-17-18-19-20-27-22-23(21-25)28-24(26)4-2/h5-6,8-9,11-12,23,25H,3-4,7,10,13-22H2,1-2H3/b6-5-,9-8-,12-11-. The number of rotatable bonds is 19. The summed E-state index contributed by atoms with van der Waals surface area (Å²) in [7, 11) is 0. The van der Waals surface area contributed by atoms with Crippen LogP contribution < -0.4 is 0 Å². The van der Waals surface area contributed by atoms with Crippen molar-refractivity contribution in [1.82, 2.24) is 0 Å². The zero-order valence-electron chi connectivity index (χ0n) is 18.1. The summed E-state index contributed by atoms with van der Waals surface area (Å²) in [4.78, 5) is 11.2. The predicted molar refractivity (Wildman–Crippen MR) is 117 cm³/mol. The highest BCUT2D eigenvalue weighted by molar-refractivity contribution is 5.69. The lowest BCUT2D eigenvalue weighted by molar-refractivity contribution is -0.154. The van der Waals surface area contributed by atoms with E-state index in [1.54, 1.807) is 6.92 Å². The van der Waals surface area contributed by atoms with Crippen LogP contribution in [0.25, 0.3) is 0 Å². The Morgan fingerprint density at radius 1 is 0.857 bits per heavy atom. The average molecular weight is 395 g/mol. The van der Waals surface area contributed by atoms with Crippen LogP contribution in [0, 0.1) is 0 Å². The molecule has 0 saturated heterocycles. The number of carbonyl (C=O) groups is 1. The number of unbranched alkanes of at least 4 members (excludes halogenated alkanes) is 6. The summed E-state index contributed by atoms with van der Waals surface area (Å²) in [6.07, 6.45) is 24.8. The minimum absolute atomic E-state index is 0.188. The van der Waals surface area contributed by atoms with Gasteiger partial charge in [0.15, 0.2) is 0 Å². The van der Waals surface area contributed by atoms with Crippen LogP contribution in [0.2, 0.25) is 0 Å². The molecule has 1 unspecified atom stereocenters. The van der Waals surface area contributed by atoms with Crippen molar-refractivity contribution in [2.24, 2.45) is 0 Å². The van der Waals surface area contributed by atoms with Gasteiger partial charge in [-0.25, -0.2) is 0 Å². The minimum Gasteiger partial charge on any atom is -0.457 e. The fourth-order valence-corrected chi connectivity index (χ4v) is 2.61. The monoisotopic (exact) mass is 394 g/mol. The van der Waals surface area contributed by atoms with E-state index in [4.69, 9.17) is 14.6 Å². The third-order valence-electron chi connectivity index (χ3n) is 4.28. The molecule has 0 heterocycles. The van der Waals surface area contributed by atoms with Gasteiger partial charge >= 0.3 is 5.97 Å². The van der Waals surface area contributed by atoms with Gasteiger partial charge in [0.2, 0.25) is 0 Å². The van der Waals surface area contributed by atoms with Crippen LogP contribution in [-0.4, -0.2) is 37.0 Å². The van der Waals surface area contributed by atoms with Gasteiger partial charge in [-0.3, -0.25) is 4.79 Å². The summed E-state index contributed by atoms with van der Waals surface area (Å²) in [5.74, 6) is -0.297. The minimum atomic E-state index is -0.533. The summed E-state index contributed by atoms with van der Waals surface area (Å²) < 4.78 is 10.6. The van der Waals surface area contributed by atoms with Gasteiger partial charge in [0.1, 0.15) is 6.10 Å². The molecule has 1 atom stereocenters. The summed E-state index contributed by atoms with van der Waals surface area (Å²) in [6, 6.07) is 0. The molecule has 0 aliphatic rings. The van der Waals surface area contributed by atoms with Crippen molar-refractivity contribution in [1.29, 1.82) is 0 Å². The van der Waals surface area contributed by atoms with Crippen molar-refractivity contribution in [2.75, 3.05) is 19.8 Å². The third-order valence-corrected chi connectivity index (χ3v) is 4.28. The molecule has 0 aliphatic heterocycles. The van der Waals surface area contributed by atoms with Gasteiger partial charge in [0.25, 0.3) is 0 Å². The highest BCUT2D eigenvalue weighted by atomic mass is 16.6. The zero-order valence-corrected chi connectivity index (χ0v) is 18.1. The van der Waals surface area contributed by atoms with Crippen LogP contribution in [0.5, 0.6) is 0 Å². The van der Waals surface area contributed by atoms with E-state index in [2.05, 4.69) is 43.4 Å². The van der Waals surface area contributed by atoms with Gasteiger partial charge in [0.05, 0.1) is 13.2 Å². The Labute approximate surface area is 172 Å². The number of aliphatic hydroxyl groups is 1. The number of carbonyl (C=O) groups excluding carboxylic acids is 1. The van der Waals surface area contributed by atoms with Gasteiger partial charge < -0.3 is 14.6 Å². The maximum absolute atomic E-state index is 11.2. The Morgan fingerprint density at radius 3 is 2.11 bits per heavy atom.